The Morgan fingerprint density at radius 2 is 1.56 bits per heavy atom. The predicted octanol–water partition coefficient (Wildman–Crippen LogP) is 4.09. The van der Waals surface area contributed by atoms with Gasteiger partial charge in [-0.3, -0.25) is 0 Å². The molecule has 3 aromatic rings. The lowest BCUT2D eigenvalue weighted by molar-refractivity contribution is -0.275. The number of nitrogens with zero attached hydrogens (tertiary/aromatic N) is 2. The summed E-state index contributed by atoms with van der Waals surface area (Å²) in [5.74, 6) is -10.4. The molecule has 0 radical (unpaired) electrons. The summed E-state index contributed by atoms with van der Waals surface area (Å²) in [6.07, 6.45) is -5.32. The summed E-state index contributed by atoms with van der Waals surface area (Å²) < 4.78 is 136. The number of nitrogens with two attached hydrogens (primary N) is 1. The van der Waals surface area contributed by atoms with Gasteiger partial charge in [-0.15, -0.1) is 18.3 Å². The molecule has 0 unspecified atom stereocenters. The Balaban J connectivity index is 2.29. The van der Waals surface area contributed by atoms with Crippen molar-refractivity contribution in [1.29, 1.82) is 0 Å². The molecule has 0 amide bonds. The van der Waals surface area contributed by atoms with Crippen LogP contribution < -0.4 is 9.88 Å². The van der Waals surface area contributed by atoms with Crippen LogP contribution in [-0.2, 0) is 10.0 Å². The highest BCUT2D eigenvalue weighted by Gasteiger charge is 2.35. The second-order valence-corrected chi connectivity index (χ2v) is 7.77. The van der Waals surface area contributed by atoms with Crippen molar-refractivity contribution in [2.45, 2.75) is 18.2 Å². The minimum absolute atomic E-state index is 0.105. The molecule has 2 N–H and O–H groups in total. The van der Waals surface area contributed by atoms with Crippen molar-refractivity contribution < 1.29 is 48.3 Å². The van der Waals surface area contributed by atoms with Crippen LogP contribution in [0, 0.1) is 36.1 Å². The average Bonchev–Trinajstić information content (AvgIpc) is 2.90. The molecule has 0 atom stereocenters. The number of ether oxygens (including phenoxy) is 1. The third-order valence-electron chi connectivity index (χ3n) is 4.06. The smallest absolute Gasteiger partial charge is 0.402 e. The van der Waals surface area contributed by atoms with E-state index in [0.717, 1.165) is 19.1 Å². The van der Waals surface area contributed by atoms with Crippen LogP contribution in [0.2, 0.25) is 0 Å². The SMILES string of the molecule is Cc1ccc(-n2nc(F)c(F)c2-c2cc(F)c(S(N)(=O)=O)c(F)c2)c(F)c1OC(F)(F)F. The third kappa shape index (κ3) is 4.25. The van der Waals surface area contributed by atoms with E-state index in [9.17, 15) is 43.5 Å². The monoisotopic (exact) mass is 487 g/mol. The van der Waals surface area contributed by atoms with E-state index in [-0.39, 0.29) is 22.4 Å². The highest BCUT2D eigenvalue weighted by molar-refractivity contribution is 7.89. The number of hydrogen-bond donors (Lipinski definition) is 1. The largest absolute Gasteiger partial charge is 0.573 e. The van der Waals surface area contributed by atoms with E-state index >= 15 is 0 Å². The van der Waals surface area contributed by atoms with Gasteiger partial charge in [0.1, 0.15) is 23.0 Å². The number of hydrogen-bond acceptors (Lipinski definition) is 4. The number of sulfonamides is 1. The van der Waals surface area contributed by atoms with Crippen LogP contribution in [0.3, 0.4) is 0 Å². The number of primary sulfonamides is 1. The van der Waals surface area contributed by atoms with E-state index in [1.807, 2.05) is 0 Å². The zero-order chi connectivity index (χ0) is 24.2. The summed E-state index contributed by atoms with van der Waals surface area (Å²) in [6, 6.07) is 2.19. The minimum Gasteiger partial charge on any atom is -0.402 e. The Kier molecular flexibility index (Phi) is 5.67. The minimum atomic E-state index is -5.32. The van der Waals surface area contributed by atoms with E-state index in [1.54, 1.807) is 0 Å². The normalized spacial score (nSPS) is 12.3. The molecule has 0 aliphatic carbocycles. The molecule has 6 nitrogen and oxygen atoms in total. The zero-order valence-electron chi connectivity index (χ0n) is 15.4. The first-order chi connectivity index (χ1) is 14.6. The Labute approximate surface area is 173 Å². The van der Waals surface area contributed by atoms with Crippen LogP contribution in [0.15, 0.2) is 29.2 Å². The molecule has 1 aromatic heterocycles. The second-order valence-electron chi connectivity index (χ2n) is 6.27. The van der Waals surface area contributed by atoms with Crippen molar-refractivity contribution in [3.8, 4) is 22.7 Å². The second kappa shape index (κ2) is 7.74. The summed E-state index contributed by atoms with van der Waals surface area (Å²) in [5, 5.41) is 7.71. The molecule has 0 aliphatic heterocycles. The molecule has 172 valence electrons. The van der Waals surface area contributed by atoms with Gasteiger partial charge in [-0.1, -0.05) is 6.07 Å². The fourth-order valence-electron chi connectivity index (χ4n) is 2.81. The predicted molar refractivity (Wildman–Crippen MR) is 91.6 cm³/mol. The number of halogens is 8. The van der Waals surface area contributed by atoms with Gasteiger partial charge in [0, 0.05) is 5.56 Å². The molecule has 0 bridgehead atoms. The number of benzene rings is 2. The van der Waals surface area contributed by atoms with Crippen molar-refractivity contribution in [2.24, 2.45) is 5.14 Å². The number of aryl methyl sites for hydroxylation is 1. The summed E-state index contributed by atoms with van der Waals surface area (Å²) in [6.45, 7) is 1.05. The summed E-state index contributed by atoms with van der Waals surface area (Å²) in [5.41, 5.74) is -3.29. The van der Waals surface area contributed by atoms with Gasteiger partial charge in [0.2, 0.25) is 15.8 Å². The first-order valence-corrected chi connectivity index (χ1v) is 9.68. The Morgan fingerprint density at radius 1 is 1.00 bits per heavy atom. The first kappa shape index (κ1) is 23.5. The van der Waals surface area contributed by atoms with Gasteiger partial charge in [0.25, 0.3) is 5.95 Å². The topological polar surface area (TPSA) is 87.2 Å². The van der Waals surface area contributed by atoms with Gasteiger partial charge in [-0.2, -0.15) is 8.78 Å². The van der Waals surface area contributed by atoms with Crippen LogP contribution >= 0.6 is 0 Å². The molecule has 1 heterocycles. The molecular weight excluding hydrogens is 478 g/mol. The molecule has 15 heteroatoms. The summed E-state index contributed by atoms with van der Waals surface area (Å²) >= 11 is 0. The molecule has 0 fully saturated rings. The van der Waals surface area contributed by atoms with Crippen molar-refractivity contribution in [1.82, 2.24) is 9.78 Å². The fraction of sp³-hybridized carbons (Fsp3) is 0.118. The highest BCUT2D eigenvalue weighted by atomic mass is 32.2. The maximum atomic E-state index is 14.8. The van der Waals surface area contributed by atoms with Gasteiger partial charge < -0.3 is 4.74 Å². The standard InChI is InChI=1S/C17H9F8N3O3S/c1-6-2-3-10(11(20)14(6)31-17(23,24)25)28-13(12(21)16(22)27-28)7-4-8(18)15(9(19)5-7)32(26,29)30/h2-5H,1H3,(H2,26,29,30). The average molecular weight is 487 g/mol. The van der Waals surface area contributed by atoms with E-state index in [0.29, 0.717) is 0 Å². The Hall–Kier alpha value is -3.20. The lowest BCUT2D eigenvalue weighted by Crippen LogP contribution is -2.19. The third-order valence-corrected chi connectivity index (χ3v) is 5.02. The van der Waals surface area contributed by atoms with Gasteiger partial charge >= 0.3 is 6.36 Å². The van der Waals surface area contributed by atoms with Gasteiger partial charge in [-0.25, -0.2) is 31.4 Å². The molecule has 0 saturated heterocycles. The number of alkyl halides is 3. The van der Waals surface area contributed by atoms with Gasteiger partial charge in [0.15, 0.2) is 16.5 Å². The Morgan fingerprint density at radius 3 is 2.06 bits per heavy atom. The zero-order valence-corrected chi connectivity index (χ0v) is 16.3. The fourth-order valence-corrected chi connectivity index (χ4v) is 3.47. The van der Waals surface area contributed by atoms with E-state index in [1.165, 1.54) is 0 Å². The summed E-state index contributed by atoms with van der Waals surface area (Å²) in [7, 11) is -4.89. The molecule has 0 aliphatic rings. The van der Waals surface area contributed by atoms with Crippen molar-refractivity contribution >= 4 is 10.0 Å². The van der Waals surface area contributed by atoms with Gasteiger partial charge in [-0.05, 0) is 30.7 Å². The molecule has 3 rings (SSSR count). The summed E-state index contributed by atoms with van der Waals surface area (Å²) in [4.78, 5) is -1.57. The molecular formula is C17H9F8N3O3S. The van der Waals surface area contributed by atoms with Crippen LogP contribution in [0.5, 0.6) is 5.75 Å². The lowest BCUT2D eigenvalue weighted by atomic mass is 10.1. The Bertz CT molecular complexity index is 1310. The first-order valence-electron chi connectivity index (χ1n) is 8.13. The van der Waals surface area contributed by atoms with Crippen molar-refractivity contribution in [2.75, 3.05) is 0 Å². The van der Waals surface area contributed by atoms with Crippen LogP contribution in [0.25, 0.3) is 16.9 Å². The molecule has 32 heavy (non-hydrogen) atoms. The highest BCUT2D eigenvalue weighted by Crippen LogP contribution is 2.36. The van der Waals surface area contributed by atoms with E-state index in [2.05, 4.69) is 15.0 Å². The quantitative estimate of drug-likeness (QED) is 0.562. The molecule has 2 aromatic carbocycles. The van der Waals surface area contributed by atoms with Crippen molar-refractivity contribution in [3.05, 3.63) is 59.0 Å². The van der Waals surface area contributed by atoms with Crippen LogP contribution in [0.4, 0.5) is 35.1 Å². The van der Waals surface area contributed by atoms with Crippen LogP contribution in [0.1, 0.15) is 5.56 Å². The van der Waals surface area contributed by atoms with Crippen molar-refractivity contribution in [3.63, 3.8) is 0 Å². The van der Waals surface area contributed by atoms with Gasteiger partial charge in [0.05, 0.1) is 0 Å². The van der Waals surface area contributed by atoms with Crippen LogP contribution in [-0.4, -0.2) is 24.6 Å². The van der Waals surface area contributed by atoms with E-state index < -0.39 is 73.2 Å². The maximum Gasteiger partial charge on any atom is 0.573 e. The molecule has 0 saturated carbocycles. The number of aromatic nitrogens is 2. The maximum absolute atomic E-state index is 14.8. The molecule has 0 spiro atoms. The lowest BCUT2D eigenvalue weighted by Gasteiger charge is -2.16. The number of rotatable bonds is 4. The van der Waals surface area contributed by atoms with E-state index in [4.69, 9.17) is 0 Å².